The van der Waals surface area contributed by atoms with Gasteiger partial charge in [-0.05, 0) is 0 Å². The van der Waals surface area contributed by atoms with Crippen LogP contribution in [-0.2, 0) is 0 Å². The smallest absolute Gasteiger partial charge is 0.870 e. The first-order chi connectivity index (χ1) is 0. The Bertz CT molecular complexity index is 13.6. The van der Waals surface area contributed by atoms with E-state index in [0.717, 1.165) is 0 Å². The molecule has 0 radical (unpaired) electrons. The van der Waals surface area contributed by atoms with Crippen molar-refractivity contribution in [3.63, 3.8) is 0 Å². The fourth-order valence-electron chi connectivity index (χ4n) is 0. The number of rotatable bonds is 0. The van der Waals surface area contributed by atoms with E-state index in [4.69, 9.17) is 0 Å². The third-order valence-electron chi connectivity index (χ3n) is 0. The van der Waals surface area contributed by atoms with E-state index in [1.54, 1.807) is 0 Å². The van der Waals surface area contributed by atoms with Gasteiger partial charge in [0.25, 0.3) is 0 Å². The molecule has 0 aliphatic rings. The van der Waals surface area contributed by atoms with Gasteiger partial charge in [0.05, 0.1) is 0 Å². The van der Waals surface area contributed by atoms with Gasteiger partial charge < -0.3 is 38.3 Å². The molecule has 0 fully saturated rings. The molecule has 7 N–H and O–H groups in total. The van der Waals surface area contributed by atoms with Gasteiger partial charge in [0.1, 0.15) is 0 Å². The first-order valence-corrected chi connectivity index (χ1v) is 0. The molecule has 0 atom stereocenters. The third-order valence-corrected chi connectivity index (χ3v) is 0. The van der Waals surface area contributed by atoms with E-state index >= 15 is 0 Å². The van der Waals surface area contributed by atoms with Gasteiger partial charge in [-0.25, -0.2) is 0 Å². The maximum absolute atomic E-state index is 0. The van der Waals surface area contributed by atoms with E-state index in [0.29, 0.717) is 0 Å². The fourth-order valence-corrected chi connectivity index (χ4v) is 0. The van der Waals surface area contributed by atoms with Crippen molar-refractivity contribution in [2.24, 2.45) is 0 Å². The van der Waals surface area contributed by atoms with Crippen LogP contribution in [-0.4, -0.2) is 116 Å². The summed E-state index contributed by atoms with van der Waals surface area (Å²) in [6.07, 6.45) is 0. The Morgan fingerprint density at radius 3 is 0.400 bits per heavy atom. The van der Waals surface area contributed by atoms with Crippen LogP contribution in [0.1, 0.15) is 0 Å². The SMILES string of the molecule is [Al+3].[Ca+2].[Mg+2].[OH-].[OH-].[OH-].[OH-].[OH-].[OH-].[OH-]. The van der Waals surface area contributed by atoms with Crippen molar-refractivity contribution in [3.05, 3.63) is 0 Å². The molecular weight excluding hydrogens is 203 g/mol. The molecule has 0 aliphatic carbocycles. The van der Waals surface area contributed by atoms with Crippen molar-refractivity contribution in [1.29, 1.82) is 0 Å². The van der Waals surface area contributed by atoms with Gasteiger partial charge >= 0.3 is 78.2 Å². The van der Waals surface area contributed by atoms with Crippen molar-refractivity contribution < 1.29 is 38.3 Å². The fraction of sp³-hybridized carbons (Fsp3) is 0. The second-order valence-electron chi connectivity index (χ2n) is 0. The van der Waals surface area contributed by atoms with Crippen LogP contribution in [0.2, 0.25) is 0 Å². The summed E-state index contributed by atoms with van der Waals surface area (Å²) < 4.78 is 0. The van der Waals surface area contributed by atoms with Crippen LogP contribution in [0, 0.1) is 0 Å². The van der Waals surface area contributed by atoms with Gasteiger partial charge in [0.15, 0.2) is 0 Å². The largest absolute Gasteiger partial charge is 3.00 e. The molecule has 10 heavy (non-hydrogen) atoms. The molecular formula is H7AlCaMgO7. The second kappa shape index (κ2) is 230. The quantitative estimate of drug-likeness (QED) is 0.395. The molecule has 0 aromatic heterocycles. The van der Waals surface area contributed by atoms with E-state index in [9.17, 15) is 0 Å². The van der Waals surface area contributed by atoms with Crippen LogP contribution >= 0.6 is 0 Å². The Morgan fingerprint density at radius 1 is 0.400 bits per heavy atom. The van der Waals surface area contributed by atoms with Crippen molar-refractivity contribution in [1.82, 2.24) is 0 Å². The molecule has 0 aromatic carbocycles. The van der Waals surface area contributed by atoms with E-state index in [1.807, 2.05) is 0 Å². The molecule has 0 bridgehead atoms. The molecule has 0 unspecified atom stereocenters. The Morgan fingerprint density at radius 2 is 0.400 bits per heavy atom. The molecule has 0 amide bonds. The summed E-state index contributed by atoms with van der Waals surface area (Å²) in [5.74, 6) is 0. The first-order valence-electron chi connectivity index (χ1n) is 0. The van der Waals surface area contributed by atoms with Crippen molar-refractivity contribution in [3.8, 4) is 0 Å². The minimum Gasteiger partial charge on any atom is -0.870 e. The van der Waals surface area contributed by atoms with Gasteiger partial charge in [0, 0.05) is 0 Å². The van der Waals surface area contributed by atoms with E-state index in [1.165, 1.54) is 0 Å². The topological polar surface area (TPSA) is 210 Å². The Labute approximate surface area is 115 Å². The average Bonchev–Trinajstić information content (AvgIpc) is 0. The van der Waals surface area contributed by atoms with Crippen molar-refractivity contribution in [2.45, 2.75) is 0 Å². The third kappa shape index (κ3) is 170. The Kier molecular flexibility index (Phi) is 6910. The summed E-state index contributed by atoms with van der Waals surface area (Å²) in [5, 5.41) is 0. The van der Waals surface area contributed by atoms with Crippen molar-refractivity contribution >= 4 is 78.2 Å². The summed E-state index contributed by atoms with van der Waals surface area (Å²) in [5.41, 5.74) is 0. The minimum absolute atomic E-state index is 0. The van der Waals surface area contributed by atoms with Gasteiger partial charge in [-0.15, -0.1) is 0 Å². The van der Waals surface area contributed by atoms with Gasteiger partial charge in [-0.2, -0.15) is 0 Å². The predicted octanol–water partition coefficient (Wildman–Crippen LogP) is -2.38. The van der Waals surface area contributed by atoms with Crippen LogP contribution in [0.3, 0.4) is 0 Å². The molecule has 0 rings (SSSR count). The molecule has 10 heteroatoms. The molecule has 7 nitrogen and oxygen atoms in total. The molecule has 0 saturated carbocycles. The maximum Gasteiger partial charge on any atom is 3.00 e. The zero-order valence-electron chi connectivity index (χ0n) is 5.12. The summed E-state index contributed by atoms with van der Waals surface area (Å²) in [4.78, 5) is 0. The summed E-state index contributed by atoms with van der Waals surface area (Å²) in [6, 6.07) is 0. The van der Waals surface area contributed by atoms with E-state index in [-0.39, 0.29) is 116 Å². The monoisotopic (exact) mass is 210 g/mol. The summed E-state index contributed by atoms with van der Waals surface area (Å²) >= 11 is 0. The van der Waals surface area contributed by atoms with Crippen LogP contribution < -0.4 is 0 Å². The van der Waals surface area contributed by atoms with Gasteiger partial charge in [-0.3, -0.25) is 0 Å². The van der Waals surface area contributed by atoms with Gasteiger partial charge in [0.2, 0.25) is 0 Å². The Balaban J connectivity index is 0. The predicted molar refractivity (Wildman–Crippen MR) is 30.8 cm³/mol. The average molecular weight is 210 g/mol. The molecule has 0 aliphatic heterocycles. The molecule has 0 spiro atoms. The van der Waals surface area contributed by atoms with Crippen LogP contribution in [0.15, 0.2) is 0 Å². The first kappa shape index (κ1) is 301. The Hall–Kier alpha value is 2.28. The molecule has 0 heterocycles. The zero-order valence-corrected chi connectivity index (χ0v) is 9.90. The number of hydrogen-bond donors (Lipinski definition) is 0. The molecule has 0 saturated heterocycles. The minimum atomic E-state index is 0. The van der Waals surface area contributed by atoms with Crippen LogP contribution in [0.25, 0.3) is 0 Å². The van der Waals surface area contributed by atoms with E-state index in [2.05, 4.69) is 0 Å². The number of hydrogen-bond acceptors (Lipinski definition) is 7. The summed E-state index contributed by atoms with van der Waals surface area (Å²) in [6.45, 7) is 0. The van der Waals surface area contributed by atoms with E-state index < -0.39 is 0 Å². The molecule has 56 valence electrons. The zero-order chi connectivity index (χ0) is 0. The second-order valence-corrected chi connectivity index (χ2v) is 0. The summed E-state index contributed by atoms with van der Waals surface area (Å²) in [7, 11) is 0. The standard InChI is InChI=1S/Al.Ca.Mg.7H2O/h;;;7*1H2/q+3;2*+2;;;;;;;/p-7. The van der Waals surface area contributed by atoms with Crippen LogP contribution in [0.5, 0.6) is 0 Å². The van der Waals surface area contributed by atoms with Gasteiger partial charge in [-0.1, -0.05) is 0 Å². The van der Waals surface area contributed by atoms with Crippen LogP contribution in [0.4, 0.5) is 0 Å². The normalized spacial score (nSPS) is 0. The van der Waals surface area contributed by atoms with Crippen molar-refractivity contribution in [2.75, 3.05) is 0 Å². The molecule has 0 aromatic rings. The maximum atomic E-state index is 0.